The van der Waals surface area contributed by atoms with E-state index < -0.39 is 0 Å². The minimum Gasteiger partial charge on any atom is -0.337 e. The first-order chi connectivity index (χ1) is 9.20. The number of nitrogens with zero attached hydrogens (tertiary/aromatic N) is 3. The van der Waals surface area contributed by atoms with Crippen LogP contribution in [0.15, 0.2) is 12.4 Å². The largest absolute Gasteiger partial charge is 0.337 e. The lowest BCUT2D eigenvalue weighted by atomic mass is 9.96. The number of aromatic nitrogens is 2. The fourth-order valence-corrected chi connectivity index (χ4v) is 2.75. The summed E-state index contributed by atoms with van der Waals surface area (Å²) in [4.78, 5) is 22.2. The van der Waals surface area contributed by atoms with Crippen molar-refractivity contribution in [3.05, 3.63) is 23.2 Å². The van der Waals surface area contributed by atoms with Crippen LogP contribution in [0.2, 0.25) is 5.15 Å². The second-order valence-electron chi connectivity index (χ2n) is 5.10. The molecular weight excluding hydrogens is 262 g/mol. The van der Waals surface area contributed by atoms with Gasteiger partial charge in [-0.25, -0.2) is 9.97 Å². The van der Waals surface area contributed by atoms with E-state index in [1.54, 1.807) is 0 Å². The Balaban J connectivity index is 1.98. The highest BCUT2D eigenvalue weighted by atomic mass is 35.5. The summed E-state index contributed by atoms with van der Waals surface area (Å²) in [6.45, 7) is 3.87. The maximum Gasteiger partial charge on any atom is 0.274 e. The van der Waals surface area contributed by atoms with Gasteiger partial charge in [-0.3, -0.25) is 4.79 Å². The molecule has 2 rings (SSSR count). The Kier molecular flexibility index (Phi) is 5.14. The van der Waals surface area contributed by atoms with Crippen molar-refractivity contribution >= 4 is 17.5 Å². The van der Waals surface area contributed by atoms with Gasteiger partial charge in [-0.1, -0.05) is 31.4 Å². The molecule has 19 heavy (non-hydrogen) atoms. The maximum atomic E-state index is 12.3. The van der Waals surface area contributed by atoms with Crippen molar-refractivity contribution in [3.63, 3.8) is 0 Å². The van der Waals surface area contributed by atoms with Crippen molar-refractivity contribution in [1.29, 1.82) is 0 Å². The van der Waals surface area contributed by atoms with E-state index in [0.29, 0.717) is 10.8 Å². The summed E-state index contributed by atoms with van der Waals surface area (Å²) in [6, 6.07) is 0. The van der Waals surface area contributed by atoms with Crippen LogP contribution in [0.25, 0.3) is 0 Å². The Morgan fingerprint density at radius 2 is 2.21 bits per heavy atom. The Bertz CT molecular complexity index is 421. The van der Waals surface area contributed by atoms with Gasteiger partial charge in [0.1, 0.15) is 10.8 Å². The zero-order chi connectivity index (χ0) is 13.7. The molecule has 0 spiro atoms. The molecule has 1 unspecified atom stereocenters. The van der Waals surface area contributed by atoms with Gasteiger partial charge in [0.2, 0.25) is 0 Å². The van der Waals surface area contributed by atoms with Crippen molar-refractivity contribution in [3.8, 4) is 0 Å². The summed E-state index contributed by atoms with van der Waals surface area (Å²) in [5.41, 5.74) is 0.387. The summed E-state index contributed by atoms with van der Waals surface area (Å²) in [7, 11) is 0. The lowest BCUT2D eigenvalue weighted by Gasteiger charge is -2.20. The zero-order valence-corrected chi connectivity index (χ0v) is 12.1. The average molecular weight is 282 g/mol. The SMILES string of the molecule is CCCC1CCCN(C(=O)c2cnc(Cl)cn2)CC1. The number of rotatable bonds is 3. The molecule has 0 saturated carbocycles. The van der Waals surface area contributed by atoms with Crippen LogP contribution in [-0.2, 0) is 0 Å². The standard InChI is InChI=1S/C14H20ClN3O/c1-2-4-11-5-3-7-18(8-6-11)14(19)12-9-17-13(15)10-16-12/h9-11H,2-8H2,1H3. The van der Waals surface area contributed by atoms with Crippen LogP contribution in [0.1, 0.15) is 49.5 Å². The molecule has 1 amide bonds. The lowest BCUT2D eigenvalue weighted by molar-refractivity contribution is 0.0753. The molecule has 1 aliphatic rings. The van der Waals surface area contributed by atoms with Crippen LogP contribution in [0.4, 0.5) is 0 Å². The van der Waals surface area contributed by atoms with Gasteiger partial charge in [-0.05, 0) is 25.2 Å². The molecule has 1 saturated heterocycles. The highest BCUT2D eigenvalue weighted by molar-refractivity contribution is 6.29. The molecule has 104 valence electrons. The van der Waals surface area contributed by atoms with Gasteiger partial charge in [0.15, 0.2) is 0 Å². The predicted molar refractivity (Wildman–Crippen MR) is 75.2 cm³/mol. The van der Waals surface area contributed by atoms with Crippen LogP contribution in [0, 0.1) is 5.92 Å². The highest BCUT2D eigenvalue weighted by Crippen LogP contribution is 2.22. The Hall–Kier alpha value is -1.16. The van der Waals surface area contributed by atoms with Gasteiger partial charge >= 0.3 is 0 Å². The van der Waals surface area contributed by atoms with E-state index in [1.165, 1.54) is 31.7 Å². The Labute approximate surface area is 119 Å². The Morgan fingerprint density at radius 3 is 2.89 bits per heavy atom. The number of hydrogen-bond acceptors (Lipinski definition) is 3. The lowest BCUT2D eigenvalue weighted by Crippen LogP contribution is -2.32. The fraction of sp³-hybridized carbons (Fsp3) is 0.643. The molecule has 1 atom stereocenters. The summed E-state index contributed by atoms with van der Waals surface area (Å²) >= 11 is 5.68. The number of hydrogen-bond donors (Lipinski definition) is 0. The molecule has 1 aromatic rings. The highest BCUT2D eigenvalue weighted by Gasteiger charge is 2.22. The van der Waals surface area contributed by atoms with Gasteiger partial charge in [0.05, 0.1) is 12.4 Å². The van der Waals surface area contributed by atoms with Crippen molar-refractivity contribution in [1.82, 2.24) is 14.9 Å². The molecule has 5 heteroatoms. The molecule has 1 fully saturated rings. The molecule has 0 radical (unpaired) electrons. The fourth-order valence-electron chi connectivity index (χ4n) is 2.65. The molecule has 1 aromatic heterocycles. The summed E-state index contributed by atoms with van der Waals surface area (Å²) in [5, 5.41) is 0.315. The number of carbonyl (C=O) groups excluding carboxylic acids is 1. The maximum absolute atomic E-state index is 12.3. The van der Waals surface area contributed by atoms with E-state index in [1.807, 2.05) is 4.90 Å². The molecule has 0 aliphatic carbocycles. The zero-order valence-electron chi connectivity index (χ0n) is 11.3. The second-order valence-corrected chi connectivity index (χ2v) is 5.49. The summed E-state index contributed by atoms with van der Waals surface area (Å²) < 4.78 is 0. The minimum absolute atomic E-state index is 0.0266. The van der Waals surface area contributed by atoms with Gasteiger partial charge in [0, 0.05) is 13.1 Å². The third kappa shape index (κ3) is 3.90. The number of carbonyl (C=O) groups is 1. The van der Waals surface area contributed by atoms with Crippen molar-refractivity contribution < 1.29 is 4.79 Å². The number of halogens is 1. The second kappa shape index (κ2) is 6.85. The summed E-state index contributed by atoms with van der Waals surface area (Å²) in [5.74, 6) is 0.736. The smallest absolute Gasteiger partial charge is 0.274 e. The molecular formula is C14H20ClN3O. The predicted octanol–water partition coefficient (Wildman–Crippen LogP) is 3.17. The van der Waals surface area contributed by atoms with Crippen molar-refractivity contribution in [2.24, 2.45) is 5.92 Å². The molecule has 0 N–H and O–H groups in total. The quantitative estimate of drug-likeness (QED) is 0.855. The van der Waals surface area contributed by atoms with Crippen molar-refractivity contribution in [2.75, 3.05) is 13.1 Å². The number of amides is 1. The van der Waals surface area contributed by atoms with E-state index >= 15 is 0 Å². The minimum atomic E-state index is -0.0266. The van der Waals surface area contributed by atoms with E-state index in [9.17, 15) is 4.79 Å². The van der Waals surface area contributed by atoms with Crippen molar-refractivity contribution in [2.45, 2.75) is 39.0 Å². The topological polar surface area (TPSA) is 46.1 Å². The molecule has 1 aliphatic heterocycles. The molecule has 0 bridgehead atoms. The third-order valence-electron chi connectivity index (χ3n) is 3.67. The van der Waals surface area contributed by atoms with Gasteiger partial charge in [0.25, 0.3) is 5.91 Å². The first kappa shape index (κ1) is 14.3. The molecule has 2 heterocycles. The van der Waals surface area contributed by atoms with Crippen LogP contribution < -0.4 is 0 Å². The van der Waals surface area contributed by atoms with Crippen LogP contribution in [0.5, 0.6) is 0 Å². The van der Waals surface area contributed by atoms with Crippen LogP contribution in [-0.4, -0.2) is 33.9 Å². The van der Waals surface area contributed by atoms with Crippen LogP contribution >= 0.6 is 11.6 Å². The van der Waals surface area contributed by atoms with E-state index in [2.05, 4.69) is 16.9 Å². The van der Waals surface area contributed by atoms with E-state index in [4.69, 9.17) is 11.6 Å². The average Bonchev–Trinajstić information content (AvgIpc) is 2.65. The number of likely N-dealkylation sites (tertiary alicyclic amines) is 1. The van der Waals surface area contributed by atoms with E-state index in [0.717, 1.165) is 31.8 Å². The monoisotopic (exact) mass is 281 g/mol. The first-order valence-electron chi connectivity index (χ1n) is 6.97. The first-order valence-corrected chi connectivity index (χ1v) is 7.35. The van der Waals surface area contributed by atoms with Gasteiger partial charge < -0.3 is 4.90 Å². The van der Waals surface area contributed by atoms with Gasteiger partial charge in [-0.2, -0.15) is 0 Å². The summed E-state index contributed by atoms with van der Waals surface area (Å²) in [6.07, 6.45) is 8.78. The molecule has 4 nitrogen and oxygen atoms in total. The van der Waals surface area contributed by atoms with Crippen LogP contribution in [0.3, 0.4) is 0 Å². The third-order valence-corrected chi connectivity index (χ3v) is 3.87. The van der Waals surface area contributed by atoms with E-state index in [-0.39, 0.29) is 5.91 Å². The van der Waals surface area contributed by atoms with Gasteiger partial charge in [-0.15, -0.1) is 0 Å². The molecule has 0 aromatic carbocycles. The normalized spacial score (nSPS) is 20.1. The Morgan fingerprint density at radius 1 is 1.37 bits per heavy atom.